The van der Waals surface area contributed by atoms with Crippen LogP contribution in [0.5, 0.6) is 0 Å². The Morgan fingerprint density at radius 1 is 1.35 bits per heavy atom. The van der Waals surface area contributed by atoms with E-state index in [2.05, 4.69) is 15.6 Å². The molecule has 0 radical (unpaired) electrons. The molecule has 4 rings (SSSR count). The number of nitrogens with zero attached hydrogens (tertiary/aromatic N) is 2. The van der Waals surface area contributed by atoms with Gasteiger partial charge in [-0.15, -0.1) is 0 Å². The Morgan fingerprint density at radius 3 is 3.04 bits per heavy atom. The smallest absolute Gasteiger partial charge is 0.251 e. The highest BCUT2D eigenvalue weighted by atomic mass is 16.3. The number of carbonyl (C=O) groups is 2. The van der Waals surface area contributed by atoms with E-state index >= 15 is 0 Å². The predicted octanol–water partition coefficient (Wildman–Crippen LogP) is 1.34. The van der Waals surface area contributed by atoms with Crippen LogP contribution < -0.4 is 10.6 Å². The molecule has 1 aliphatic carbocycles. The Balaban J connectivity index is 1.44. The molecule has 1 unspecified atom stereocenters. The van der Waals surface area contributed by atoms with Crippen LogP contribution in [0.4, 0.5) is 5.69 Å². The van der Waals surface area contributed by atoms with Crippen molar-refractivity contribution in [3.05, 3.63) is 48.0 Å². The van der Waals surface area contributed by atoms with Crippen LogP contribution in [0.2, 0.25) is 0 Å². The van der Waals surface area contributed by atoms with Crippen molar-refractivity contribution in [2.45, 2.75) is 44.4 Å². The molecule has 1 aliphatic heterocycles. The van der Waals surface area contributed by atoms with Crippen LogP contribution in [0, 0.1) is 5.92 Å². The van der Waals surface area contributed by atoms with Crippen molar-refractivity contribution in [1.82, 2.24) is 14.9 Å². The van der Waals surface area contributed by atoms with E-state index in [0.29, 0.717) is 36.4 Å². The number of aromatic nitrogens is 2. The van der Waals surface area contributed by atoms with E-state index < -0.39 is 6.10 Å². The third-order valence-electron chi connectivity index (χ3n) is 5.27. The molecule has 3 N–H and O–H groups in total. The minimum atomic E-state index is -0.549. The second-order valence-corrected chi connectivity index (χ2v) is 7.12. The van der Waals surface area contributed by atoms with Gasteiger partial charge in [-0.2, -0.15) is 0 Å². The molecule has 2 aromatic rings. The summed E-state index contributed by atoms with van der Waals surface area (Å²) in [6, 6.07) is 5.10. The van der Waals surface area contributed by atoms with Crippen LogP contribution in [-0.4, -0.2) is 38.6 Å². The highest BCUT2D eigenvalue weighted by Gasteiger charge is 2.34. The van der Waals surface area contributed by atoms with Crippen LogP contribution in [0.15, 0.2) is 36.9 Å². The van der Waals surface area contributed by atoms with Gasteiger partial charge >= 0.3 is 0 Å². The minimum absolute atomic E-state index is 0.0244. The first-order valence-corrected chi connectivity index (χ1v) is 8.96. The van der Waals surface area contributed by atoms with E-state index in [1.807, 2.05) is 16.8 Å². The van der Waals surface area contributed by atoms with Gasteiger partial charge in [-0.3, -0.25) is 9.59 Å². The molecule has 1 aromatic carbocycles. The number of imidazole rings is 1. The van der Waals surface area contributed by atoms with Crippen molar-refractivity contribution in [1.29, 1.82) is 0 Å². The van der Waals surface area contributed by atoms with Gasteiger partial charge in [0, 0.05) is 36.6 Å². The number of nitrogens with one attached hydrogen (secondary N) is 2. The molecule has 1 saturated carbocycles. The Morgan fingerprint density at radius 2 is 2.23 bits per heavy atom. The second-order valence-electron chi connectivity index (χ2n) is 7.12. The third kappa shape index (κ3) is 3.35. The molecule has 2 heterocycles. The molecule has 3 atom stereocenters. The quantitative estimate of drug-likeness (QED) is 0.772. The Labute approximate surface area is 151 Å². The van der Waals surface area contributed by atoms with E-state index in [1.165, 1.54) is 0 Å². The summed E-state index contributed by atoms with van der Waals surface area (Å²) in [5.74, 6) is 0.0856. The average molecular weight is 354 g/mol. The summed E-state index contributed by atoms with van der Waals surface area (Å²) in [5.41, 5.74) is 2.15. The number of carbonyl (C=O) groups excluding carboxylic acids is 2. The van der Waals surface area contributed by atoms with Gasteiger partial charge in [0.25, 0.3) is 5.91 Å². The van der Waals surface area contributed by atoms with Gasteiger partial charge in [0.1, 0.15) is 0 Å². The van der Waals surface area contributed by atoms with Crippen molar-refractivity contribution < 1.29 is 14.7 Å². The van der Waals surface area contributed by atoms with E-state index in [9.17, 15) is 14.7 Å². The lowest BCUT2D eigenvalue weighted by Gasteiger charge is -2.22. The van der Waals surface area contributed by atoms with E-state index in [1.54, 1.807) is 24.7 Å². The van der Waals surface area contributed by atoms with Crippen LogP contribution in [0.25, 0.3) is 0 Å². The van der Waals surface area contributed by atoms with Gasteiger partial charge in [0.05, 0.1) is 18.5 Å². The summed E-state index contributed by atoms with van der Waals surface area (Å²) >= 11 is 0. The number of rotatable bonds is 4. The normalized spacial score (nSPS) is 24.8. The van der Waals surface area contributed by atoms with Gasteiger partial charge in [0.2, 0.25) is 5.91 Å². The minimum Gasteiger partial charge on any atom is -0.391 e. The summed E-state index contributed by atoms with van der Waals surface area (Å²) in [6.45, 7) is 0.788. The molecule has 0 saturated heterocycles. The van der Waals surface area contributed by atoms with Crippen LogP contribution in [-0.2, 0) is 17.8 Å². The highest BCUT2D eigenvalue weighted by molar-refractivity contribution is 6.01. The number of aliphatic hydroxyl groups is 1. The highest BCUT2D eigenvalue weighted by Crippen LogP contribution is 2.29. The lowest BCUT2D eigenvalue weighted by molar-refractivity contribution is -0.116. The van der Waals surface area contributed by atoms with Crippen LogP contribution in [0.1, 0.15) is 35.2 Å². The molecule has 0 bridgehead atoms. The van der Waals surface area contributed by atoms with Crippen LogP contribution >= 0.6 is 0 Å². The number of hydrogen-bond donors (Lipinski definition) is 3. The number of fused-ring (bicyclic) bond motifs is 1. The molecule has 2 amide bonds. The Hall–Kier alpha value is -2.67. The summed E-state index contributed by atoms with van der Waals surface area (Å²) in [7, 11) is 0. The van der Waals surface area contributed by atoms with E-state index in [-0.39, 0.29) is 17.9 Å². The summed E-state index contributed by atoms with van der Waals surface area (Å²) < 4.78 is 2.00. The van der Waals surface area contributed by atoms with Crippen molar-refractivity contribution in [2.75, 3.05) is 5.32 Å². The first-order chi connectivity index (χ1) is 12.6. The summed E-state index contributed by atoms with van der Waals surface area (Å²) in [5, 5.41) is 16.2. The zero-order chi connectivity index (χ0) is 18.1. The SMILES string of the molecule is O=C1CCc2c(cccc2C(=O)N[C@@H]2CC(Cn3ccnc3)C[C@H]2O)N1. The fourth-order valence-electron chi connectivity index (χ4n) is 4.00. The molecular formula is C19H22N4O3. The topological polar surface area (TPSA) is 96.2 Å². The van der Waals surface area contributed by atoms with Crippen molar-refractivity contribution in [2.24, 2.45) is 5.92 Å². The van der Waals surface area contributed by atoms with Gasteiger partial charge in [0.15, 0.2) is 0 Å². The first-order valence-electron chi connectivity index (χ1n) is 8.96. The number of benzene rings is 1. The zero-order valence-electron chi connectivity index (χ0n) is 14.4. The molecule has 7 heteroatoms. The van der Waals surface area contributed by atoms with Crippen molar-refractivity contribution in [3.63, 3.8) is 0 Å². The maximum absolute atomic E-state index is 12.8. The molecule has 0 spiro atoms. The van der Waals surface area contributed by atoms with Crippen LogP contribution in [0.3, 0.4) is 0 Å². The standard InChI is InChI=1S/C19H22N4O3/c24-17-9-12(10-23-7-6-20-11-23)8-16(17)22-19(26)14-2-1-3-15-13(14)4-5-18(25)21-15/h1-3,6-7,11-12,16-17,24H,4-5,8-10H2,(H,21,25)(H,22,26)/t12?,16-,17-/m1/s1. The Bertz CT molecular complexity index is 818. The fourth-order valence-corrected chi connectivity index (χ4v) is 4.00. The Kier molecular flexibility index (Phi) is 4.46. The summed E-state index contributed by atoms with van der Waals surface area (Å²) in [4.78, 5) is 28.4. The molecule has 26 heavy (non-hydrogen) atoms. The lowest BCUT2D eigenvalue weighted by atomic mass is 9.96. The molecule has 2 aliphatic rings. The van der Waals surface area contributed by atoms with E-state index in [4.69, 9.17) is 0 Å². The molecule has 7 nitrogen and oxygen atoms in total. The first kappa shape index (κ1) is 16.8. The number of aliphatic hydroxyl groups excluding tert-OH is 1. The predicted molar refractivity (Wildman–Crippen MR) is 95.6 cm³/mol. The molecule has 1 fully saturated rings. The van der Waals surface area contributed by atoms with Crippen molar-refractivity contribution >= 4 is 17.5 Å². The maximum Gasteiger partial charge on any atom is 0.251 e. The van der Waals surface area contributed by atoms with Crippen molar-refractivity contribution in [3.8, 4) is 0 Å². The number of amides is 2. The average Bonchev–Trinajstić information content (AvgIpc) is 3.24. The molecule has 136 valence electrons. The molecular weight excluding hydrogens is 332 g/mol. The fraction of sp³-hybridized carbons (Fsp3) is 0.421. The van der Waals surface area contributed by atoms with Gasteiger partial charge < -0.3 is 20.3 Å². The van der Waals surface area contributed by atoms with Gasteiger partial charge in [-0.05, 0) is 42.9 Å². The largest absolute Gasteiger partial charge is 0.391 e. The van der Waals surface area contributed by atoms with Gasteiger partial charge in [-0.1, -0.05) is 6.07 Å². The third-order valence-corrected chi connectivity index (χ3v) is 5.27. The maximum atomic E-state index is 12.8. The number of anilines is 1. The second kappa shape index (κ2) is 6.92. The van der Waals surface area contributed by atoms with Gasteiger partial charge in [-0.25, -0.2) is 4.98 Å². The lowest BCUT2D eigenvalue weighted by Crippen LogP contribution is -2.40. The number of hydrogen-bond acceptors (Lipinski definition) is 4. The van der Waals surface area contributed by atoms with E-state index in [0.717, 1.165) is 18.5 Å². The zero-order valence-corrected chi connectivity index (χ0v) is 14.4. The molecule has 1 aromatic heterocycles. The monoisotopic (exact) mass is 354 g/mol. The summed E-state index contributed by atoms with van der Waals surface area (Å²) in [6.07, 6.45) is 7.19.